The fourth-order valence-electron chi connectivity index (χ4n) is 5.09. The lowest BCUT2D eigenvalue weighted by molar-refractivity contribution is 0.0408. The van der Waals surface area contributed by atoms with Crippen molar-refractivity contribution in [2.24, 2.45) is 0 Å². The highest BCUT2D eigenvalue weighted by Gasteiger charge is 2.29. The molecule has 168 valence electrons. The topological polar surface area (TPSA) is 48.5 Å². The standard InChI is InChI=1S/C27H32N2O2S/c1-3-19-6-4-9-26-23(19)15-27(32-26)20-11-13-29(18(2)14-20)16-21(30)17-31-25-8-5-7-24-22(25)10-12-28-24/h4-10,12,15,18,20-21,28,30H,3,11,13-14,16-17H2,1-2H3. The highest BCUT2D eigenvalue weighted by Crippen LogP contribution is 2.39. The van der Waals surface area contributed by atoms with Crippen LogP contribution in [0, 0.1) is 0 Å². The Labute approximate surface area is 193 Å². The predicted octanol–water partition coefficient (Wildman–Crippen LogP) is 5.95. The van der Waals surface area contributed by atoms with Gasteiger partial charge in [0, 0.05) is 39.3 Å². The molecule has 3 unspecified atom stereocenters. The van der Waals surface area contributed by atoms with Crippen LogP contribution in [-0.2, 0) is 6.42 Å². The second kappa shape index (κ2) is 9.26. The number of rotatable bonds is 7. The van der Waals surface area contributed by atoms with Crippen LogP contribution in [0.25, 0.3) is 21.0 Å². The van der Waals surface area contributed by atoms with Crippen LogP contribution in [-0.4, -0.2) is 46.8 Å². The maximum atomic E-state index is 10.7. The minimum absolute atomic E-state index is 0.313. The third-order valence-electron chi connectivity index (χ3n) is 6.90. The fraction of sp³-hybridized carbons (Fsp3) is 0.407. The molecule has 4 nitrogen and oxygen atoms in total. The maximum Gasteiger partial charge on any atom is 0.128 e. The number of hydrogen-bond donors (Lipinski definition) is 2. The van der Waals surface area contributed by atoms with Gasteiger partial charge in [0.1, 0.15) is 18.5 Å². The minimum Gasteiger partial charge on any atom is -0.490 e. The molecule has 5 heteroatoms. The molecule has 5 rings (SSSR count). The molecule has 2 aromatic heterocycles. The molecular weight excluding hydrogens is 416 g/mol. The number of likely N-dealkylation sites (tertiary alicyclic amines) is 1. The molecule has 3 heterocycles. The van der Waals surface area contributed by atoms with Gasteiger partial charge in [-0.15, -0.1) is 11.3 Å². The molecule has 0 spiro atoms. The summed E-state index contributed by atoms with van der Waals surface area (Å²) in [5.41, 5.74) is 2.51. The number of aliphatic hydroxyl groups excluding tert-OH is 1. The Balaban J connectivity index is 1.18. The molecule has 0 aliphatic carbocycles. The van der Waals surface area contributed by atoms with Crippen molar-refractivity contribution in [3.05, 3.63) is 65.2 Å². The van der Waals surface area contributed by atoms with Crippen LogP contribution in [0.15, 0.2) is 54.7 Å². The van der Waals surface area contributed by atoms with E-state index in [-0.39, 0.29) is 0 Å². The third kappa shape index (κ3) is 4.29. The average Bonchev–Trinajstić information content (AvgIpc) is 3.46. The Morgan fingerprint density at radius 3 is 2.91 bits per heavy atom. The average molecular weight is 449 g/mol. The highest BCUT2D eigenvalue weighted by atomic mass is 32.1. The van der Waals surface area contributed by atoms with Crippen molar-refractivity contribution in [2.45, 2.75) is 51.2 Å². The number of nitrogens with one attached hydrogen (secondary N) is 1. The van der Waals surface area contributed by atoms with E-state index >= 15 is 0 Å². The number of aryl methyl sites for hydroxylation is 1. The number of hydrogen-bond acceptors (Lipinski definition) is 4. The molecule has 1 saturated heterocycles. The van der Waals surface area contributed by atoms with Crippen molar-refractivity contribution < 1.29 is 9.84 Å². The number of nitrogens with zero attached hydrogens (tertiary/aromatic N) is 1. The zero-order chi connectivity index (χ0) is 22.1. The van der Waals surface area contributed by atoms with Crippen molar-refractivity contribution in [1.29, 1.82) is 0 Å². The van der Waals surface area contributed by atoms with Crippen molar-refractivity contribution in [2.75, 3.05) is 19.7 Å². The Hall–Kier alpha value is -2.34. The Bertz CT molecular complexity index is 1200. The van der Waals surface area contributed by atoms with Gasteiger partial charge in [-0.05, 0) is 79.9 Å². The van der Waals surface area contributed by atoms with E-state index in [1.165, 1.54) is 20.5 Å². The first-order valence-electron chi connectivity index (χ1n) is 11.7. The summed E-state index contributed by atoms with van der Waals surface area (Å²) < 4.78 is 7.38. The molecule has 2 aromatic carbocycles. The summed E-state index contributed by atoms with van der Waals surface area (Å²) in [6, 6.07) is 17.6. The van der Waals surface area contributed by atoms with Crippen LogP contribution >= 0.6 is 11.3 Å². The largest absolute Gasteiger partial charge is 0.490 e. The lowest BCUT2D eigenvalue weighted by Crippen LogP contribution is -2.45. The minimum atomic E-state index is -0.500. The smallest absolute Gasteiger partial charge is 0.128 e. The Morgan fingerprint density at radius 1 is 1.19 bits per heavy atom. The number of fused-ring (bicyclic) bond motifs is 2. The lowest BCUT2D eigenvalue weighted by atomic mass is 9.89. The Kier molecular flexibility index (Phi) is 6.22. The normalized spacial score (nSPS) is 20.7. The second-order valence-corrected chi connectivity index (χ2v) is 10.2. The number of H-pyrrole nitrogens is 1. The lowest BCUT2D eigenvalue weighted by Gasteiger charge is -2.38. The summed E-state index contributed by atoms with van der Waals surface area (Å²) >= 11 is 1.97. The van der Waals surface area contributed by atoms with E-state index in [4.69, 9.17) is 4.74 Å². The van der Waals surface area contributed by atoms with Crippen LogP contribution in [0.1, 0.15) is 43.0 Å². The van der Waals surface area contributed by atoms with E-state index in [0.29, 0.717) is 25.1 Å². The summed E-state index contributed by atoms with van der Waals surface area (Å²) in [5, 5.41) is 13.2. The van der Waals surface area contributed by atoms with Gasteiger partial charge in [-0.25, -0.2) is 0 Å². The molecule has 0 bridgehead atoms. The summed E-state index contributed by atoms with van der Waals surface area (Å²) in [4.78, 5) is 7.15. The first kappa shape index (κ1) is 21.5. The molecule has 4 aromatic rings. The van der Waals surface area contributed by atoms with Crippen LogP contribution in [0.2, 0.25) is 0 Å². The summed E-state index contributed by atoms with van der Waals surface area (Å²) in [5.74, 6) is 1.44. The fourth-order valence-corrected chi connectivity index (χ4v) is 6.35. The van der Waals surface area contributed by atoms with Gasteiger partial charge in [0.25, 0.3) is 0 Å². The first-order valence-corrected chi connectivity index (χ1v) is 12.6. The molecular formula is C27H32N2O2S. The molecule has 2 N–H and O–H groups in total. The zero-order valence-electron chi connectivity index (χ0n) is 18.9. The number of thiophene rings is 1. The molecule has 0 saturated carbocycles. The van der Waals surface area contributed by atoms with Crippen LogP contribution in [0.3, 0.4) is 0 Å². The highest BCUT2D eigenvalue weighted by molar-refractivity contribution is 7.19. The van der Waals surface area contributed by atoms with Gasteiger partial charge >= 0.3 is 0 Å². The molecule has 1 aliphatic heterocycles. The number of aromatic amines is 1. The third-order valence-corrected chi connectivity index (χ3v) is 8.16. The number of aromatic nitrogens is 1. The molecule has 1 fully saturated rings. The van der Waals surface area contributed by atoms with E-state index in [9.17, 15) is 5.11 Å². The van der Waals surface area contributed by atoms with Gasteiger partial charge in [0.15, 0.2) is 0 Å². The molecule has 0 radical (unpaired) electrons. The van der Waals surface area contributed by atoms with Gasteiger partial charge in [0.2, 0.25) is 0 Å². The Morgan fingerprint density at radius 2 is 2.06 bits per heavy atom. The van der Waals surface area contributed by atoms with Gasteiger partial charge in [-0.2, -0.15) is 0 Å². The van der Waals surface area contributed by atoms with E-state index in [2.05, 4.69) is 48.0 Å². The van der Waals surface area contributed by atoms with Gasteiger partial charge < -0.3 is 14.8 Å². The van der Waals surface area contributed by atoms with E-state index in [0.717, 1.165) is 42.5 Å². The van der Waals surface area contributed by atoms with Crippen molar-refractivity contribution in [3.63, 3.8) is 0 Å². The zero-order valence-corrected chi connectivity index (χ0v) is 19.7. The van der Waals surface area contributed by atoms with Crippen LogP contribution in [0.5, 0.6) is 5.75 Å². The predicted molar refractivity (Wildman–Crippen MR) is 134 cm³/mol. The SMILES string of the molecule is CCc1cccc2sc(C3CCN(CC(O)COc4cccc5[nH]ccc45)C(C)C3)cc12. The number of β-amino-alcohol motifs (C(OH)–C–C–N with tert-alkyl or cyclic N) is 1. The quantitative estimate of drug-likeness (QED) is 0.367. The van der Waals surface area contributed by atoms with Gasteiger partial charge in [-0.1, -0.05) is 25.1 Å². The number of piperidine rings is 1. The molecule has 1 aliphatic rings. The van der Waals surface area contributed by atoms with E-state index in [1.54, 1.807) is 0 Å². The number of aliphatic hydroxyl groups is 1. The van der Waals surface area contributed by atoms with E-state index in [1.807, 2.05) is 41.8 Å². The summed E-state index contributed by atoms with van der Waals surface area (Å²) in [6.07, 6.45) is 4.79. The van der Waals surface area contributed by atoms with Crippen LogP contribution < -0.4 is 4.74 Å². The van der Waals surface area contributed by atoms with Crippen molar-refractivity contribution in [3.8, 4) is 5.75 Å². The molecule has 0 amide bonds. The summed E-state index contributed by atoms with van der Waals surface area (Å²) in [7, 11) is 0. The van der Waals surface area contributed by atoms with E-state index < -0.39 is 6.10 Å². The summed E-state index contributed by atoms with van der Waals surface area (Å²) in [6.45, 7) is 6.52. The monoisotopic (exact) mass is 448 g/mol. The van der Waals surface area contributed by atoms with Crippen LogP contribution in [0.4, 0.5) is 0 Å². The molecule has 3 atom stereocenters. The maximum absolute atomic E-state index is 10.7. The first-order chi connectivity index (χ1) is 15.6. The van der Waals surface area contributed by atoms with Crippen molar-refractivity contribution in [1.82, 2.24) is 9.88 Å². The number of benzene rings is 2. The number of ether oxygens (including phenoxy) is 1. The van der Waals surface area contributed by atoms with Crippen molar-refractivity contribution >= 4 is 32.3 Å². The van der Waals surface area contributed by atoms with Gasteiger partial charge in [-0.3, -0.25) is 4.90 Å². The molecule has 32 heavy (non-hydrogen) atoms. The van der Waals surface area contributed by atoms with Gasteiger partial charge in [0.05, 0.1) is 0 Å². The second-order valence-electron chi connectivity index (χ2n) is 9.06.